The van der Waals surface area contributed by atoms with E-state index in [9.17, 15) is 0 Å². The summed E-state index contributed by atoms with van der Waals surface area (Å²) in [7, 11) is 0. The number of furan rings is 1. The summed E-state index contributed by atoms with van der Waals surface area (Å²) in [6.45, 7) is 0. The van der Waals surface area contributed by atoms with E-state index in [1.165, 1.54) is 65.0 Å². The first-order valence-electron chi connectivity index (χ1n) is 15.8. The van der Waals surface area contributed by atoms with Gasteiger partial charge in [0.15, 0.2) is 0 Å². The van der Waals surface area contributed by atoms with Gasteiger partial charge in [0.05, 0.1) is 16.4 Å². The molecule has 0 saturated carbocycles. The lowest BCUT2D eigenvalue weighted by atomic mass is 9.67. The number of nitrogens with zero attached hydrogens (tertiary/aromatic N) is 1. The summed E-state index contributed by atoms with van der Waals surface area (Å²) in [5, 5.41) is 4.86. The van der Waals surface area contributed by atoms with Gasteiger partial charge in [-0.25, -0.2) is 0 Å². The second-order valence-electron chi connectivity index (χ2n) is 12.4. The van der Waals surface area contributed by atoms with Crippen molar-refractivity contribution in [2.24, 2.45) is 0 Å². The Morgan fingerprint density at radius 2 is 1.13 bits per heavy atom. The highest BCUT2D eigenvalue weighted by Crippen LogP contribution is 2.63. The van der Waals surface area contributed by atoms with Crippen LogP contribution < -0.4 is 0 Å². The lowest BCUT2D eigenvalue weighted by Crippen LogP contribution is -2.32. The Morgan fingerprint density at radius 3 is 1.96 bits per heavy atom. The highest BCUT2D eigenvalue weighted by molar-refractivity contribution is 7.99. The number of rotatable bonds is 1. The number of aromatic nitrogens is 1. The Bertz CT molecular complexity index is 2700. The smallest absolute Gasteiger partial charge is 0.137 e. The molecule has 2 nitrogen and oxygen atoms in total. The maximum Gasteiger partial charge on any atom is 0.137 e. The van der Waals surface area contributed by atoms with Gasteiger partial charge in [0, 0.05) is 43.1 Å². The summed E-state index contributed by atoms with van der Waals surface area (Å²) in [5.74, 6) is 0. The molecule has 46 heavy (non-hydrogen) atoms. The van der Waals surface area contributed by atoms with Gasteiger partial charge in [-0.15, -0.1) is 0 Å². The molecule has 0 amide bonds. The highest BCUT2D eigenvalue weighted by atomic mass is 32.2. The van der Waals surface area contributed by atoms with Gasteiger partial charge in [-0.05, 0) is 69.8 Å². The molecular formula is C43H25NOS. The van der Waals surface area contributed by atoms with Crippen LogP contribution in [-0.2, 0) is 5.41 Å². The largest absolute Gasteiger partial charge is 0.456 e. The fraction of sp³-hybridized carbons (Fsp3) is 0.0233. The Kier molecular flexibility index (Phi) is 4.74. The highest BCUT2D eigenvalue weighted by Gasteiger charge is 2.50. The van der Waals surface area contributed by atoms with E-state index in [1.54, 1.807) is 0 Å². The number of hydrogen-bond acceptors (Lipinski definition) is 2. The van der Waals surface area contributed by atoms with Crippen LogP contribution in [0.1, 0.15) is 22.3 Å². The summed E-state index contributed by atoms with van der Waals surface area (Å²) in [4.78, 5) is 2.65. The van der Waals surface area contributed by atoms with E-state index in [2.05, 4.69) is 144 Å². The van der Waals surface area contributed by atoms with Crippen molar-refractivity contribution in [3.05, 3.63) is 174 Å². The average molecular weight is 604 g/mol. The van der Waals surface area contributed by atoms with Gasteiger partial charge < -0.3 is 8.98 Å². The minimum Gasteiger partial charge on any atom is -0.456 e. The van der Waals surface area contributed by atoms with Crippen molar-refractivity contribution < 1.29 is 4.42 Å². The summed E-state index contributed by atoms with van der Waals surface area (Å²) < 4.78 is 8.78. The van der Waals surface area contributed by atoms with Gasteiger partial charge in [0.2, 0.25) is 0 Å². The Morgan fingerprint density at radius 1 is 0.478 bits per heavy atom. The fourth-order valence-electron chi connectivity index (χ4n) is 8.50. The monoisotopic (exact) mass is 603 g/mol. The topological polar surface area (TPSA) is 18.1 Å². The lowest BCUT2D eigenvalue weighted by Gasteiger charge is -2.40. The summed E-state index contributed by atoms with van der Waals surface area (Å²) in [6, 6.07) is 55.7. The molecular weight excluding hydrogens is 579 g/mol. The molecule has 7 aromatic carbocycles. The van der Waals surface area contributed by atoms with Crippen LogP contribution in [0.3, 0.4) is 0 Å². The SMILES string of the molecule is c1ccc2c(c1)Sc1c(ccc3c1c1ccccc1n3-c1ccc3c(c1)oc1ccccc13)C21c2ccccc2-c2ccccc21. The number of fused-ring (bicyclic) bond motifs is 16. The van der Waals surface area contributed by atoms with Gasteiger partial charge in [0.1, 0.15) is 11.2 Å². The predicted octanol–water partition coefficient (Wildman–Crippen LogP) is 11.5. The van der Waals surface area contributed by atoms with E-state index in [-0.39, 0.29) is 0 Å². The molecule has 0 N–H and O–H groups in total. The Balaban J connectivity index is 1.26. The van der Waals surface area contributed by atoms with Gasteiger partial charge >= 0.3 is 0 Å². The van der Waals surface area contributed by atoms with E-state index in [1.807, 2.05) is 23.9 Å². The van der Waals surface area contributed by atoms with Crippen molar-refractivity contribution >= 4 is 55.5 Å². The van der Waals surface area contributed by atoms with Crippen LogP contribution in [0.5, 0.6) is 0 Å². The molecule has 1 aliphatic heterocycles. The first-order chi connectivity index (χ1) is 22.8. The number of para-hydroxylation sites is 2. The second-order valence-corrected chi connectivity index (χ2v) is 13.5. The van der Waals surface area contributed by atoms with Crippen LogP contribution in [0.15, 0.2) is 166 Å². The first-order valence-corrected chi connectivity index (χ1v) is 16.6. The Labute approximate surface area is 269 Å². The van der Waals surface area contributed by atoms with E-state index in [0.29, 0.717) is 0 Å². The third-order valence-electron chi connectivity index (χ3n) is 10.3. The van der Waals surface area contributed by atoms with Gasteiger partial charge in [-0.1, -0.05) is 121 Å². The molecule has 0 bridgehead atoms. The zero-order valence-electron chi connectivity index (χ0n) is 24.7. The van der Waals surface area contributed by atoms with Crippen LogP contribution in [0, 0.1) is 0 Å². The summed E-state index contributed by atoms with van der Waals surface area (Å²) in [6.07, 6.45) is 0. The molecule has 1 spiro atoms. The molecule has 0 atom stereocenters. The van der Waals surface area contributed by atoms with Crippen molar-refractivity contribution in [1.29, 1.82) is 0 Å². The molecule has 2 aliphatic rings. The van der Waals surface area contributed by atoms with Crippen molar-refractivity contribution in [3.8, 4) is 16.8 Å². The second kappa shape index (κ2) is 8.81. The minimum atomic E-state index is -0.394. The van der Waals surface area contributed by atoms with Crippen LogP contribution >= 0.6 is 11.8 Å². The fourth-order valence-corrected chi connectivity index (χ4v) is 9.84. The average Bonchev–Trinajstić information content (AvgIpc) is 3.75. The van der Waals surface area contributed by atoms with Crippen molar-refractivity contribution in [1.82, 2.24) is 4.57 Å². The van der Waals surface area contributed by atoms with Crippen molar-refractivity contribution in [2.75, 3.05) is 0 Å². The van der Waals surface area contributed by atoms with Crippen LogP contribution in [0.4, 0.5) is 0 Å². The maximum absolute atomic E-state index is 6.36. The molecule has 2 aromatic heterocycles. The normalized spacial score (nSPS) is 14.2. The molecule has 3 heteroatoms. The van der Waals surface area contributed by atoms with Gasteiger partial charge in [-0.3, -0.25) is 0 Å². The molecule has 0 saturated heterocycles. The summed E-state index contributed by atoms with van der Waals surface area (Å²) >= 11 is 1.92. The van der Waals surface area contributed by atoms with Crippen molar-refractivity contribution in [2.45, 2.75) is 15.2 Å². The van der Waals surface area contributed by atoms with Crippen LogP contribution in [-0.4, -0.2) is 4.57 Å². The molecule has 0 radical (unpaired) electrons. The third kappa shape index (κ3) is 2.95. The lowest BCUT2D eigenvalue weighted by molar-refractivity contribution is 0.668. The number of hydrogen-bond donors (Lipinski definition) is 0. The quantitative estimate of drug-likeness (QED) is 0.186. The zero-order chi connectivity index (χ0) is 30.0. The summed E-state index contributed by atoms with van der Waals surface area (Å²) in [5.41, 5.74) is 13.0. The molecule has 1 aliphatic carbocycles. The molecule has 3 heterocycles. The molecule has 9 aromatic rings. The first kappa shape index (κ1) is 24.8. The van der Waals surface area contributed by atoms with E-state index in [4.69, 9.17) is 4.42 Å². The van der Waals surface area contributed by atoms with Gasteiger partial charge in [0.25, 0.3) is 0 Å². The molecule has 214 valence electrons. The maximum atomic E-state index is 6.36. The third-order valence-corrected chi connectivity index (χ3v) is 11.5. The zero-order valence-corrected chi connectivity index (χ0v) is 25.5. The number of benzene rings is 7. The molecule has 0 fully saturated rings. The minimum absolute atomic E-state index is 0.394. The van der Waals surface area contributed by atoms with E-state index in [0.717, 1.165) is 27.6 Å². The predicted molar refractivity (Wildman–Crippen MR) is 189 cm³/mol. The van der Waals surface area contributed by atoms with Crippen LogP contribution in [0.25, 0.3) is 60.6 Å². The van der Waals surface area contributed by atoms with Crippen LogP contribution in [0.2, 0.25) is 0 Å². The van der Waals surface area contributed by atoms with Crippen molar-refractivity contribution in [3.63, 3.8) is 0 Å². The Hall–Kier alpha value is -5.51. The molecule has 0 unspecified atom stereocenters. The standard InChI is InChI=1S/C43H25NOS/c1-5-15-32-27(11-1)28-12-2-6-16-33(28)43(32)34-17-7-10-20-40(34)46-42-35(43)23-24-37-41(42)31-14-3-8-18-36(31)44(37)26-21-22-30-29-13-4-9-19-38(29)45-39(30)25-26/h1-25H. The molecule has 11 rings (SSSR count). The van der Waals surface area contributed by atoms with Gasteiger partial charge in [-0.2, -0.15) is 0 Å². The van der Waals surface area contributed by atoms with E-state index >= 15 is 0 Å². The van der Waals surface area contributed by atoms with E-state index < -0.39 is 5.41 Å².